The van der Waals surface area contributed by atoms with Crippen LogP contribution in [0.15, 0.2) is 48.5 Å². The van der Waals surface area contributed by atoms with Crippen molar-refractivity contribution in [1.82, 2.24) is 16.0 Å². The Balaban J connectivity index is 1.62. The van der Waals surface area contributed by atoms with Crippen molar-refractivity contribution in [2.75, 3.05) is 6.61 Å². The van der Waals surface area contributed by atoms with E-state index in [1.165, 1.54) is 13.8 Å². The maximum Gasteiger partial charge on any atom is 0.407 e. The lowest BCUT2D eigenvalue weighted by atomic mass is 9.98. The molecule has 4 N–H and O–H groups in total. The van der Waals surface area contributed by atoms with Gasteiger partial charge in [-0.1, -0.05) is 62.4 Å². The molecule has 2 aromatic carbocycles. The predicted molar refractivity (Wildman–Crippen MR) is 139 cm³/mol. The van der Waals surface area contributed by atoms with Crippen LogP contribution in [0.3, 0.4) is 0 Å². The summed E-state index contributed by atoms with van der Waals surface area (Å²) in [5.74, 6) is -3.11. The molecule has 0 spiro atoms. The van der Waals surface area contributed by atoms with Gasteiger partial charge in [0.25, 0.3) is 0 Å². The summed E-state index contributed by atoms with van der Waals surface area (Å²) < 4.78 is 5.55. The first kappa shape index (κ1) is 28.4. The van der Waals surface area contributed by atoms with Gasteiger partial charge in [-0.15, -0.1) is 0 Å². The number of carboxylic acid groups (broad SMARTS) is 1. The van der Waals surface area contributed by atoms with Crippen LogP contribution in [0.1, 0.15) is 51.2 Å². The number of alkyl carbamates (subject to hydrolysis) is 1. The first-order valence-electron chi connectivity index (χ1n) is 12.4. The summed E-state index contributed by atoms with van der Waals surface area (Å²) in [6.45, 7) is 6.37. The molecule has 0 heterocycles. The van der Waals surface area contributed by atoms with E-state index in [2.05, 4.69) is 16.0 Å². The molecular formula is C28H33N3O7. The predicted octanol–water partition coefficient (Wildman–Crippen LogP) is 2.60. The highest BCUT2D eigenvalue weighted by Crippen LogP contribution is 2.44. The van der Waals surface area contributed by atoms with E-state index in [9.17, 15) is 24.0 Å². The van der Waals surface area contributed by atoms with Crippen molar-refractivity contribution in [1.29, 1.82) is 0 Å². The second kappa shape index (κ2) is 11.9. The standard InChI is InChI=1S/C28H33N3O7/c1-16(2)24(25(35)31-28(3,4)26(36)29-17(14-32)13-23(33)34)30-27(37)38-15-22-20-11-7-5-9-18(20)19-10-6-8-12-21(19)22/h5-12,14,16-17,22,24H,13,15H2,1-4H3,(H,29,36)(H,30,37)(H,31,35)(H,33,34)/t17?,24-/m0/s1. The van der Waals surface area contributed by atoms with Crippen molar-refractivity contribution < 1.29 is 33.8 Å². The van der Waals surface area contributed by atoms with Gasteiger partial charge in [-0.3, -0.25) is 14.4 Å². The highest BCUT2D eigenvalue weighted by Gasteiger charge is 2.36. The number of amides is 3. The van der Waals surface area contributed by atoms with Crippen LogP contribution in [0.4, 0.5) is 4.79 Å². The van der Waals surface area contributed by atoms with Crippen molar-refractivity contribution in [3.05, 3.63) is 59.7 Å². The van der Waals surface area contributed by atoms with Crippen molar-refractivity contribution in [3.8, 4) is 11.1 Å². The molecule has 3 amide bonds. The van der Waals surface area contributed by atoms with Gasteiger partial charge in [0, 0.05) is 5.92 Å². The molecule has 10 nitrogen and oxygen atoms in total. The molecule has 0 aromatic heterocycles. The Kier molecular flexibility index (Phi) is 8.88. The van der Waals surface area contributed by atoms with Gasteiger partial charge >= 0.3 is 12.1 Å². The third-order valence-corrected chi connectivity index (χ3v) is 6.44. The molecule has 202 valence electrons. The lowest BCUT2D eigenvalue weighted by Gasteiger charge is -2.30. The van der Waals surface area contributed by atoms with Gasteiger partial charge in [0.2, 0.25) is 11.8 Å². The molecule has 1 aliphatic rings. The molecule has 38 heavy (non-hydrogen) atoms. The van der Waals surface area contributed by atoms with Crippen LogP contribution in [0.25, 0.3) is 11.1 Å². The number of aliphatic carboxylic acids is 1. The number of fused-ring (bicyclic) bond motifs is 3. The number of nitrogens with one attached hydrogen (secondary N) is 3. The van der Waals surface area contributed by atoms with E-state index in [4.69, 9.17) is 9.84 Å². The third-order valence-electron chi connectivity index (χ3n) is 6.44. The number of aldehydes is 1. The summed E-state index contributed by atoms with van der Waals surface area (Å²) in [5.41, 5.74) is 2.81. The Morgan fingerprint density at radius 1 is 0.974 bits per heavy atom. The zero-order valence-corrected chi connectivity index (χ0v) is 21.8. The van der Waals surface area contributed by atoms with Crippen molar-refractivity contribution >= 4 is 30.2 Å². The van der Waals surface area contributed by atoms with Crippen LogP contribution in [0, 0.1) is 5.92 Å². The quantitative estimate of drug-likeness (QED) is 0.331. The molecule has 2 atom stereocenters. The molecule has 1 aliphatic carbocycles. The maximum absolute atomic E-state index is 13.0. The second-order valence-electron chi connectivity index (χ2n) is 10.1. The van der Waals surface area contributed by atoms with E-state index in [-0.39, 0.29) is 18.4 Å². The number of benzene rings is 2. The van der Waals surface area contributed by atoms with Gasteiger partial charge in [0.15, 0.2) is 0 Å². The Bertz CT molecular complexity index is 1180. The average molecular weight is 524 g/mol. The molecule has 1 unspecified atom stereocenters. The zero-order valence-electron chi connectivity index (χ0n) is 21.8. The lowest BCUT2D eigenvalue weighted by molar-refractivity contribution is -0.140. The fourth-order valence-electron chi connectivity index (χ4n) is 4.41. The summed E-state index contributed by atoms with van der Waals surface area (Å²) in [6.07, 6.45) is -1.04. The van der Waals surface area contributed by atoms with E-state index >= 15 is 0 Å². The SMILES string of the molecule is CC(C)[C@H](NC(=O)OCC1c2ccccc2-c2ccccc21)C(=O)NC(C)(C)C(=O)NC(C=O)CC(=O)O. The molecule has 2 aromatic rings. The molecule has 3 rings (SSSR count). The largest absolute Gasteiger partial charge is 0.481 e. The number of carbonyl (C=O) groups is 5. The molecule has 0 bridgehead atoms. The first-order valence-corrected chi connectivity index (χ1v) is 12.4. The second-order valence-corrected chi connectivity index (χ2v) is 10.1. The van der Waals surface area contributed by atoms with E-state index < -0.39 is 47.9 Å². The topological polar surface area (TPSA) is 151 Å². The van der Waals surface area contributed by atoms with Gasteiger partial charge in [-0.05, 0) is 42.0 Å². The normalized spacial score (nSPS) is 14.0. The van der Waals surface area contributed by atoms with Crippen LogP contribution in [0.2, 0.25) is 0 Å². The van der Waals surface area contributed by atoms with Crippen LogP contribution in [-0.2, 0) is 23.9 Å². The molecule has 0 saturated carbocycles. The van der Waals surface area contributed by atoms with Crippen LogP contribution in [0.5, 0.6) is 0 Å². The fraction of sp³-hybridized carbons (Fsp3) is 0.393. The number of hydrogen-bond acceptors (Lipinski definition) is 6. The third kappa shape index (κ3) is 6.56. The van der Waals surface area contributed by atoms with E-state index in [0.29, 0.717) is 6.29 Å². The molecule has 0 aliphatic heterocycles. The molecular weight excluding hydrogens is 490 g/mol. The number of carbonyl (C=O) groups excluding carboxylic acids is 4. The van der Waals surface area contributed by atoms with Crippen molar-refractivity contribution in [2.24, 2.45) is 5.92 Å². The van der Waals surface area contributed by atoms with E-state index in [0.717, 1.165) is 22.3 Å². The number of ether oxygens (including phenoxy) is 1. The average Bonchev–Trinajstić information content (AvgIpc) is 3.18. The smallest absolute Gasteiger partial charge is 0.407 e. The molecule has 10 heteroatoms. The Morgan fingerprint density at radius 2 is 1.53 bits per heavy atom. The monoisotopic (exact) mass is 523 g/mol. The van der Waals surface area contributed by atoms with Gasteiger partial charge in [-0.25, -0.2) is 4.79 Å². The zero-order chi connectivity index (χ0) is 28.0. The highest BCUT2D eigenvalue weighted by atomic mass is 16.5. The molecule has 0 fully saturated rings. The Labute approximate surface area is 221 Å². The van der Waals surface area contributed by atoms with Gasteiger partial charge in [0.1, 0.15) is 24.5 Å². The Hall–Kier alpha value is -4.21. The first-order chi connectivity index (χ1) is 17.9. The number of hydrogen-bond donors (Lipinski definition) is 4. The fourth-order valence-corrected chi connectivity index (χ4v) is 4.41. The summed E-state index contributed by atoms with van der Waals surface area (Å²) >= 11 is 0. The summed E-state index contributed by atoms with van der Waals surface area (Å²) in [6, 6.07) is 13.6. The Morgan fingerprint density at radius 3 is 2.03 bits per heavy atom. The minimum atomic E-state index is -1.49. The number of rotatable bonds is 11. The molecule has 0 radical (unpaired) electrons. The lowest BCUT2D eigenvalue weighted by Crippen LogP contribution is -2.61. The number of carboxylic acids is 1. The van der Waals surface area contributed by atoms with Crippen molar-refractivity contribution in [2.45, 2.75) is 57.7 Å². The van der Waals surface area contributed by atoms with Crippen LogP contribution in [-0.4, -0.2) is 59.5 Å². The minimum Gasteiger partial charge on any atom is -0.481 e. The highest BCUT2D eigenvalue weighted by molar-refractivity contribution is 5.95. The van der Waals surface area contributed by atoms with E-state index in [1.54, 1.807) is 13.8 Å². The summed E-state index contributed by atoms with van der Waals surface area (Å²) in [4.78, 5) is 60.4. The molecule has 0 saturated heterocycles. The van der Waals surface area contributed by atoms with Gasteiger partial charge in [-0.2, -0.15) is 0 Å². The maximum atomic E-state index is 13.0. The summed E-state index contributed by atoms with van der Waals surface area (Å²) in [5, 5.41) is 16.3. The van der Waals surface area contributed by atoms with Gasteiger partial charge < -0.3 is 30.6 Å². The summed E-state index contributed by atoms with van der Waals surface area (Å²) in [7, 11) is 0. The van der Waals surface area contributed by atoms with Crippen molar-refractivity contribution in [3.63, 3.8) is 0 Å². The van der Waals surface area contributed by atoms with E-state index in [1.807, 2.05) is 48.5 Å². The minimum absolute atomic E-state index is 0.0802. The van der Waals surface area contributed by atoms with Crippen LogP contribution < -0.4 is 16.0 Å². The van der Waals surface area contributed by atoms with Gasteiger partial charge in [0.05, 0.1) is 12.5 Å². The van der Waals surface area contributed by atoms with Crippen LogP contribution >= 0.6 is 0 Å².